The summed E-state index contributed by atoms with van der Waals surface area (Å²) in [6, 6.07) is 16.0. The molecule has 1 heterocycles. The number of benzene rings is 2. The highest BCUT2D eigenvalue weighted by atomic mass is 79.9. The van der Waals surface area contributed by atoms with E-state index in [1.54, 1.807) is 19.1 Å². The molecular formula is C17H14BrN3O2. The van der Waals surface area contributed by atoms with E-state index in [-0.39, 0.29) is 0 Å². The Kier molecular flexibility index (Phi) is 4.00. The molecule has 0 unspecified atom stereocenters. The molecule has 0 radical (unpaired) electrons. The number of rotatable bonds is 3. The molecule has 2 aromatic carbocycles. The van der Waals surface area contributed by atoms with E-state index in [4.69, 9.17) is 0 Å². The van der Waals surface area contributed by atoms with Gasteiger partial charge in [-0.15, -0.1) is 5.01 Å². The van der Waals surface area contributed by atoms with Gasteiger partial charge < -0.3 is 5.32 Å². The quantitative estimate of drug-likeness (QED) is 0.664. The van der Waals surface area contributed by atoms with Crippen LogP contribution in [-0.4, -0.2) is 23.2 Å². The van der Waals surface area contributed by atoms with Crippen molar-refractivity contribution >= 4 is 34.1 Å². The molecule has 1 atom stereocenters. The zero-order valence-electron chi connectivity index (χ0n) is 12.4. The molecule has 23 heavy (non-hydrogen) atoms. The van der Waals surface area contributed by atoms with Gasteiger partial charge in [0.25, 0.3) is 5.91 Å². The number of carbonyl (C=O) groups is 2. The summed E-state index contributed by atoms with van der Waals surface area (Å²) in [5, 5.41) is 7.62. The zero-order valence-corrected chi connectivity index (χ0v) is 13.9. The van der Waals surface area contributed by atoms with Crippen LogP contribution in [0.15, 0.2) is 64.2 Å². The molecule has 3 amide bonds. The van der Waals surface area contributed by atoms with Crippen LogP contribution in [-0.2, 0) is 10.3 Å². The third-order valence-corrected chi connectivity index (χ3v) is 4.24. The Hall–Kier alpha value is -2.47. The minimum absolute atomic E-state index is 0.401. The fraction of sp³-hybridized carbons (Fsp3) is 0.118. The van der Waals surface area contributed by atoms with Gasteiger partial charge in [0.05, 0.1) is 6.21 Å². The predicted octanol–water partition coefficient (Wildman–Crippen LogP) is 3.25. The Morgan fingerprint density at radius 2 is 1.74 bits per heavy atom. The highest BCUT2D eigenvalue weighted by molar-refractivity contribution is 9.10. The molecule has 0 spiro atoms. The molecule has 1 aliphatic rings. The number of nitrogens with zero attached hydrogens (tertiary/aromatic N) is 2. The van der Waals surface area contributed by atoms with Gasteiger partial charge in [-0.1, -0.05) is 58.4 Å². The molecule has 5 nitrogen and oxygen atoms in total. The van der Waals surface area contributed by atoms with Crippen LogP contribution in [0.25, 0.3) is 0 Å². The van der Waals surface area contributed by atoms with Gasteiger partial charge in [-0.05, 0) is 30.2 Å². The molecule has 0 saturated carbocycles. The Bertz CT molecular complexity index is 774. The van der Waals surface area contributed by atoms with Crippen LogP contribution in [0, 0.1) is 0 Å². The summed E-state index contributed by atoms with van der Waals surface area (Å²) in [7, 11) is 0. The number of nitrogens with one attached hydrogen (secondary N) is 1. The summed E-state index contributed by atoms with van der Waals surface area (Å²) < 4.78 is 0.946. The maximum Gasteiger partial charge on any atom is 0.346 e. The fourth-order valence-electron chi connectivity index (χ4n) is 2.37. The number of hydrogen-bond donors (Lipinski definition) is 1. The monoisotopic (exact) mass is 371 g/mol. The lowest BCUT2D eigenvalue weighted by atomic mass is 9.92. The zero-order chi connectivity index (χ0) is 16.4. The van der Waals surface area contributed by atoms with E-state index in [1.165, 1.54) is 6.21 Å². The molecule has 2 aromatic rings. The number of carbonyl (C=O) groups excluding carboxylic acids is 2. The van der Waals surface area contributed by atoms with E-state index >= 15 is 0 Å². The van der Waals surface area contributed by atoms with Gasteiger partial charge in [-0.25, -0.2) is 4.79 Å². The molecular weight excluding hydrogens is 358 g/mol. The Morgan fingerprint density at radius 3 is 2.39 bits per heavy atom. The van der Waals surface area contributed by atoms with Gasteiger partial charge in [-0.3, -0.25) is 4.79 Å². The number of imide groups is 1. The summed E-state index contributed by atoms with van der Waals surface area (Å²) in [5.41, 5.74) is 0.414. The first-order chi connectivity index (χ1) is 11.0. The van der Waals surface area contributed by atoms with Crippen molar-refractivity contribution in [1.82, 2.24) is 10.3 Å². The summed E-state index contributed by atoms with van der Waals surface area (Å²) in [4.78, 5) is 24.8. The first-order valence-electron chi connectivity index (χ1n) is 7.02. The SMILES string of the molecule is C[C@@]1(c2ccccc2)NC(=O)N(/N=C\c2ccc(Br)cc2)C1=O. The Balaban J connectivity index is 1.86. The van der Waals surface area contributed by atoms with Gasteiger partial charge in [-0.2, -0.15) is 5.10 Å². The molecule has 0 bridgehead atoms. The lowest BCUT2D eigenvalue weighted by Crippen LogP contribution is -2.40. The molecule has 6 heteroatoms. The van der Waals surface area contributed by atoms with Crippen LogP contribution in [0.1, 0.15) is 18.1 Å². The van der Waals surface area contributed by atoms with E-state index in [0.717, 1.165) is 20.6 Å². The normalized spacial score (nSPS) is 21.0. The molecule has 1 aliphatic heterocycles. The van der Waals surface area contributed by atoms with Crippen LogP contribution in [0.2, 0.25) is 0 Å². The lowest BCUT2D eigenvalue weighted by Gasteiger charge is -2.20. The summed E-state index contributed by atoms with van der Waals surface area (Å²) in [6.07, 6.45) is 1.49. The predicted molar refractivity (Wildman–Crippen MR) is 90.9 cm³/mol. The van der Waals surface area contributed by atoms with Crippen LogP contribution in [0.3, 0.4) is 0 Å². The highest BCUT2D eigenvalue weighted by Gasteiger charge is 2.49. The summed E-state index contributed by atoms with van der Waals surface area (Å²) >= 11 is 3.35. The number of halogens is 1. The number of hydrazone groups is 1. The second-order valence-electron chi connectivity index (χ2n) is 5.33. The number of amides is 3. The molecule has 0 aromatic heterocycles. The fourth-order valence-corrected chi connectivity index (χ4v) is 2.63. The highest BCUT2D eigenvalue weighted by Crippen LogP contribution is 2.28. The van der Waals surface area contributed by atoms with Crippen LogP contribution < -0.4 is 5.32 Å². The standard InChI is InChI=1S/C17H14BrN3O2/c1-17(13-5-3-2-4-6-13)15(22)21(16(23)20-17)19-11-12-7-9-14(18)10-8-12/h2-11H,1H3,(H,20,23)/b19-11-/t17-/m0/s1. The van der Waals surface area contributed by atoms with Crippen molar-refractivity contribution in [3.05, 3.63) is 70.2 Å². The summed E-state index contributed by atoms with van der Waals surface area (Å²) in [5.74, 6) is -0.401. The molecule has 3 rings (SSSR count). The third-order valence-electron chi connectivity index (χ3n) is 3.71. The van der Waals surface area contributed by atoms with Crippen LogP contribution in [0.4, 0.5) is 4.79 Å². The minimum atomic E-state index is -1.10. The average Bonchev–Trinajstić information content (AvgIpc) is 2.78. The van der Waals surface area contributed by atoms with E-state index < -0.39 is 17.5 Å². The van der Waals surface area contributed by atoms with Crippen molar-refractivity contribution in [2.75, 3.05) is 0 Å². The molecule has 1 N–H and O–H groups in total. The van der Waals surface area contributed by atoms with Crippen molar-refractivity contribution in [2.45, 2.75) is 12.5 Å². The van der Waals surface area contributed by atoms with E-state index in [9.17, 15) is 9.59 Å². The van der Waals surface area contributed by atoms with Crippen LogP contribution in [0.5, 0.6) is 0 Å². The molecule has 1 fully saturated rings. The first-order valence-corrected chi connectivity index (χ1v) is 7.82. The van der Waals surface area contributed by atoms with Crippen molar-refractivity contribution in [2.24, 2.45) is 5.10 Å². The summed E-state index contributed by atoms with van der Waals surface area (Å²) in [6.45, 7) is 1.68. The second kappa shape index (κ2) is 5.96. The second-order valence-corrected chi connectivity index (χ2v) is 6.25. The molecule has 0 aliphatic carbocycles. The average molecular weight is 372 g/mol. The van der Waals surface area contributed by atoms with E-state index in [1.807, 2.05) is 42.5 Å². The number of hydrogen-bond acceptors (Lipinski definition) is 3. The van der Waals surface area contributed by atoms with E-state index in [0.29, 0.717) is 0 Å². The van der Waals surface area contributed by atoms with Gasteiger partial charge in [0.1, 0.15) is 5.54 Å². The largest absolute Gasteiger partial charge is 0.346 e. The lowest BCUT2D eigenvalue weighted by molar-refractivity contribution is -0.131. The maximum absolute atomic E-state index is 12.6. The van der Waals surface area contributed by atoms with E-state index in [2.05, 4.69) is 26.3 Å². The van der Waals surface area contributed by atoms with Crippen molar-refractivity contribution < 1.29 is 9.59 Å². The van der Waals surface area contributed by atoms with Gasteiger partial charge >= 0.3 is 6.03 Å². The van der Waals surface area contributed by atoms with Crippen molar-refractivity contribution in [3.8, 4) is 0 Å². The first kappa shape index (κ1) is 15.4. The molecule has 116 valence electrons. The van der Waals surface area contributed by atoms with Crippen LogP contribution >= 0.6 is 15.9 Å². The van der Waals surface area contributed by atoms with Crippen molar-refractivity contribution in [3.63, 3.8) is 0 Å². The number of urea groups is 1. The molecule has 1 saturated heterocycles. The van der Waals surface area contributed by atoms with Gasteiger partial charge in [0.15, 0.2) is 0 Å². The third kappa shape index (κ3) is 2.90. The maximum atomic E-state index is 12.6. The van der Waals surface area contributed by atoms with Gasteiger partial charge in [0.2, 0.25) is 0 Å². The van der Waals surface area contributed by atoms with Gasteiger partial charge in [0, 0.05) is 4.47 Å². The smallest absolute Gasteiger partial charge is 0.318 e. The van der Waals surface area contributed by atoms with Crippen molar-refractivity contribution in [1.29, 1.82) is 0 Å². The minimum Gasteiger partial charge on any atom is -0.318 e. The Morgan fingerprint density at radius 1 is 1.09 bits per heavy atom. The topological polar surface area (TPSA) is 61.8 Å². The Labute approximate surface area is 142 Å².